The third kappa shape index (κ3) is 3.57. The van der Waals surface area contributed by atoms with E-state index in [9.17, 15) is 4.79 Å². The predicted molar refractivity (Wildman–Crippen MR) is 92.3 cm³/mol. The predicted octanol–water partition coefficient (Wildman–Crippen LogP) is 4.45. The highest BCUT2D eigenvalue weighted by atomic mass is 32.2. The average molecular weight is 313 g/mol. The van der Waals surface area contributed by atoms with Gasteiger partial charge in [-0.05, 0) is 5.56 Å². The average Bonchev–Trinajstić information content (AvgIpc) is 3.07. The van der Waals surface area contributed by atoms with Gasteiger partial charge in [-0.15, -0.1) is 0 Å². The molecule has 21 heavy (non-hydrogen) atoms. The van der Waals surface area contributed by atoms with Crippen molar-refractivity contribution in [1.29, 1.82) is 0 Å². The minimum atomic E-state index is -0.224. The lowest BCUT2D eigenvalue weighted by molar-refractivity contribution is 0.0990. The van der Waals surface area contributed by atoms with Gasteiger partial charge in [0.1, 0.15) is 4.38 Å². The molecule has 0 bridgehead atoms. The topological polar surface area (TPSA) is 29.4 Å². The first-order valence-corrected chi connectivity index (χ1v) is 8.69. The van der Waals surface area contributed by atoms with Gasteiger partial charge in [-0.1, -0.05) is 84.2 Å². The minimum absolute atomic E-state index is 0.141. The lowest BCUT2D eigenvalue weighted by Crippen LogP contribution is -2.11. The fourth-order valence-corrected chi connectivity index (χ4v) is 4.40. The summed E-state index contributed by atoms with van der Waals surface area (Å²) >= 11 is 3.31. The highest BCUT2D eigenvalue weighted by Gasteiger charge is 2.25. The zero-order chi connectivity index (χ0) is 14.5. The van der Waals surface area contributed by atoms with Gasteiger partial charge in [0.05, 0.1) is 11.8 Å². The molecule has 0 saturated carbocycles. The van der Waals surface area contributed by atoms with E-state index in [1.165, 1.54) is 0 Å². The summed E-state index contributed by atoms with van der Waals surface area (Å²) < 4.78 is 1.02. The van der Waals surface area contributed by atoms with Crippen LogP contribution >= 0.6 is 23.5 Å². The Morgan fingerprint density at radius 1 is 1.05 bits per heavy atom. The maximum absolute atomic E-state index is 12.8. The van der Waals surface area contributed by atoms with E-state index < -0.39 is 0 Å². The summed E-state index contributed by atoms with van der Waals surface area (Å²) in [6, 6.07) is 19.4. The van der Waals surface area contributed by atoms with Crippen LogP contribution in [0.2, 0.25) is 0 Å². The van der Waals surface area contributed by atoms with Gasteiger partial charge in [0, 0.05) is 11.3 Å². The second-order valence-corrected chi connectivity index (χ2v) is 7.07. The van der Waals surface area contributed by atoms with Gasteiger partial charge in [0.25, 0.3) is 0 Å². The minimum Gasteiger partial charge on any atom is -0.293 e. The van der Waals surface area contributed by atoms with Crippen molar-refractivity contribution in [3.05, 3.63) is 71.8 Å². The van der Waals surface area contributed by atoms with Crippen LogP contribution in [0.4, 0.5) is 0 Å². The van der Waals surface area contributed by atoms with Gasteiger partial charge in [0.2, 0.25) is 0 Å². The summed E-state index contributed by atoms with van der Waals surface area (Å²) in [6.45, 7) is 0.855. The third-order valence-electron chi connectivity index (χ3n) is 3.18. The summed E-state index contributed by atoms with van der Waals surface area (Å²) in [5.74, 6) is 1.16. The van der Waals surface area contributed by atoms with Crippen LogP contribution in [0.15, 0.2) is 65.7 Å². The number of rotatable bonds is 4. The summed E-state index contributed by atoms with van der Waals surface area (Å²) in [5, 5.41) is -0.224. The van der Waals surface area contributed by atoms with Gasteiger partial charge in [0.15, 0.2) is 5.78 Å². The van der Waals surface area contributed by atoms with Gasteiger partial charge < -0.3 is 0 Å². The summed E-state index contributed by atoms with van der Waals surface area (Å²) in [4.78, 5) is 17.3. The van der Waals surface area contributed by atoms with Crippen molar-refractivity contribution in [3.63, 3.8) is 0 Å². The molecule has 0 aliphatic carbocycles. The van der Waals surface area contributed by atoms with Crippen LogP contribution in [-0.2, 0) is 0 Å². The Bertz CT molecular complexity index is 640. The van der Waals surface area contributed by atoms with E-state index in [4.69, 9.17) is 0 Å². The Labute approximate surface area is 133 Å². The normalized spacial score (nSPS) is 15.5. The monoisotopic (exact) mass is 313 g/mol. The molecule has 0 N–H and O–H groups in total. The zero-order valence-electron chi connectivity index (χ0n) is 11.4. The van der Waals surface area contributed by atoms with Crippen molar-refractivity contribution in [2.45, 2.75) is 5.25 Å². The number of ketones is 1. The first-order chi connectivity index (χ1) is 10.3. The summed E-state index contributed by atoms with van der Waals surface area (Å²) in [6.07, 6.45) is 0. The van der Waals surface area contributed by atoms with Crippen molar-refractivity contribution < 1.29 is 4.79 Å². The fourth-order valence-electron chi connectivity index (χ4n) is 2.14. The number of carbonyl (C=O) groups is 1. The van der Waals surface area contributed by atoms with Crippen LogP contribution in [-0.4, -0.2) is 22.5 Å². The lowest BCUT2D eigenvalue weighted by Gasteiger charge is -2.15. The SMILES string of the molecule is O=C(c1ccccc1)C(SC1=NCCS1)c1ccccc1. The van der Waals surface area contributed by atoms with E-state index in [0.717, 1.165) is 27.8 Å². The maximum atomic E-state index is 12.8. The molecule has 106 valence electrons. The van der Waals surface area contributed by atoms with E-state index in [0.29, 0.717) is 0 Å². The smallest absolute Gasteiger partial charge is 0.180 e. The molecule has 3 rings (SSSR count). The van der Waals surface area contributed by atoms with E-state index in [1.54, 1.807) is 23.5 Å². The largest absolute Gasteiger partial charge is 0.293 e. The van der Waals surface area contributed by atoms with Gasteiger partial charge in [-0.2, -0.15) is 0 Å². The quantitative estimate of drug-likeness (QED) is 0.781. The molecule has 0 spiro atoms. The molecule has 0 fully saturated rings. The number of nitrogens with zero attached hydrogens (tertiary/aromatic N) is 1. The molecule has 2 aromatic rings. The number of hydrogen-bond donors (Lipinski definition) is 0. The standard InChI is InChI=1S/C17H15NOS2/c19-15(13-7-3-1-4-8-13)16(14-9-5-2-6-10-14)21-17-18-11-12-20-17/h1-10,16H,11-12H2. The molecule has 1 aliphatic heterocycles. The highest BCUT2D eigenvalue weighted by molar-refractivity contribution is 8.39. The van der Waals surface area contributed by atoms with E-state index in [2.05, 4.69) is 4.99 Å². The van der Waals surface area contributed by atoms with Crippen molar-refractivity contribution in [3.8, 4) is 0 Å². The number of aliphatic imine (C=N–C) groups is 1. The molecule has 1 aliphatic rings. The van der Waals surface area contributed by atoms with E-state index in [-0.39, 0.29) is 11.0 Å². The molecule has 0 aromatic heterocycles. The zero-order valence-corrected chi connectivity index (χ0v) is 13.1. The van der Waals surface area contributed by atoms with Crippen molar-refractivity contribution in [2.24, 2.45) is 4.99 Å². The Hall–Kier alpha value is -1.52. The van der Waals surface area contributed by atoms with Crippen LogP contribution in [0.3, 0.4) is 0 Å². The Kier molecular flexibility index (Phi) is 4.78. The summed E-state index contributed by atoms with van der Waals surface area (Å²) in [7, 11) is 0. The van der Waals surface area contributed by atoms with Crippen LogP contribution in [0.25, 0.3) is 0 Å². The first kappa shape index (κ1) is 14.4. The second kappa shape index (κ2) is 6.96. The number of Topliss-reactive ketones (excluding diaryl/α,β-unsaturated/α-hetero) is 1. The Morgan fingerprint density at radius 3 is 2.33 bits per heavy atom. The van der Waals surface area contributed by atoms with Crippen LogP contribution in [0.1, 0.15) is 21.2 Å². The maximum Gasteiger partial charge on any atom is 0.180 e. The van der Waals surface area contributed by atoms with Crippen molar-refractivity contribution in [2.75, 3.05) is 12.3 Å². The fraction of sp³-hybridized carbons (Fsp3) is 0.176. The second-order valence-electron chi connectivity index (χ2n) is 4.63. The molecule has 1 unspecified atom stereocenters. The van der Waals surface area contributed by atoms with Gasteiger partial charge in [-0.3, -0.25) is 9.79 Å². The molecular weight excluding hydrogens is 298 g/mol. The van der Waals surface area contributed by atoms with Crippen LogP contribution in [0.5, 0.6) is 0 Å². The molecule has 0 radical (unpaired) electrons. The molecular formula is C17H15NOS2. The summed E-state index contributed by atoms with van der Waals surface area (Å²) in [5.41, 5.74) is 1.79. The number of carbonyl (C=O) groups excluding carboxylic acids is 1. The van der Waals surface area contributed by atoms with Crippen molar-refractivity contribution in [1.82, 2.24) is 0 Å². The Balaban J connectivity index is 1.90. The molecule has 4 heteroatoms. The Morgan fingerprint density at radius 2 is 1.71 bits per heavy atom. The molecule has 1 heterocycles. The van der Waals surface area contributed by atoms with Crippen LogP contribution < -0.4 is 0 Å². The number of hydrogen-bond acceptors (Lipinski definition) is 4. The van der Waals surface area contributed by atoms with Crippen LogP contribution in [0, 0.1) is 0 Å². The van der Waals surface area contributed by atoms with E-state index >= 15 is 0 Å². The third-order valence-corrected chi connectivity index (χ3v) is 5.63. The lowest BCUT2D eigenvalue weighted by atomic mass is 10.0. The molecule has 2 aromatic carbocycles. The van der Waals surface area contributed by atoms with E-state index in [1.807, 2.05) is 60.7 Å². The molecule has 2 nitrogen and oxygen atoms in total. The molecule has 1 atom stereocenters. The van der Waals surface area contributed by atoms with Crippen molar-refractivity contribution >= 4 is 33.7 Å². The first-order valence-electron chi connectivity index (χ1n) is 6.83. The number of thioether (sulfide) groups is 2. The number of benzene rings is 2. The van der Waals surface area contributed by atoms with Gasteiger partial charge in [-0.25, -0.2) is 0 Å². The highest BCUT2D eigenvalue weighted by Crippen LogP contribution is 2.37. The van der Waals surface area contributed by atoms with Gasteiger partial charge >= 0.3 is 0 Å². The molecule has 0 saturated heterocycles. The molecule has 0 amide bonds.